The van der Waals surface area contributed by atoms with E-state index in [0.29, 0.717) is 25.3 Å². The molecule has 0 aromatic rings. The van der Waals surface area contributed by atoms with Crippen LogP contribution in [-0.2, 0) is 9.59 Å². The maximum absolute atomic E-state index is 12.3. The number of amides is 2. The number of hydrogen-bond donors (Lipinski definition) is 1. The Bertz CT molecular complexity index is 357. The molecule has 1 rings (SSSR count). The molecule has 0 spiro atoms. The van der Waals surface area contributed by atoms with E-state index < -0.39 is 6.04 Å². The van der Waals surface area contributed by atoms with Gasteiger partial charge in [0.25, 0.3) is 0 Å². The Morgan fingerprint density at radius 3 is 2.67 bits per heavy atom. The third-order valence-corrected chi connectivity index (χ3v) is 3.17. The van der Waals surface area contributed by atoms with Crippen molar-refractivity contribution in [3.05, 3.63) is 0 Å². The monoisotopic (exact) mass is 250 g/mol. The van der Waals surface area contributed by atoms with E-state index in [0.717, 1.165) is 6.42 Å². The molecule has 4 nitrogen and oxygen atoms in total. The molecular formula is C14H22N2O2. The third-order valence-electron chi connectivity index (χ3n) is 3.17. The minimum absolute atomic E-state index is 0.0211. The summed E-state index contributed by atoms with van der Waals surface area (Å²) in [5.41, 5.74) is 0. The molecule has 2 amide bonds. The van der Waals surface area contributed by atoms with Crippen LogP contribution in [-0.4, -0.2) is 35.3 Å². The Kier molecular flexibility index (Phi) is 5.21. The van der Waals surface area contributed by atoms with Crippen LogP contribution in [0.5, 0.6) is 0 Å². The molecule has 1 N–H and O–H groups in total. The fourth-order valence-electron chi connectivity index (χ4n) is 2.17. The molecule has 0 aromatic heterocycles. The summed E-state index contributed by atoms with van der Waals surface area (Å²) >= 11 is 0. The number of hydrogen-bond acceptors (Lipinski definition) is 2. The van der Waals surface area contributed by atoms with Gasteiger partial charge in [-0.05, 0) is 25.7 Å². The molecule has 1 aliphatic rings. The van der Waals surface area contributed by atoms with Crippen LogP contribution in [0.25, 0.3) is 0 Å². The fourth-order valence-corrected chi connectivity index (χ4v) is 2.17. The van der Waals surface area contributed by atoms with Crippen molar-refractivity contribution >= 4 is 11.8 Å². The quantitative estimate of drug-likeness (QED) is 0.588. The molecule has 0 bridgehead atoms. The first-order valence-corrected chi connectivity index (χ1v) is 6.51. The molecule has 0 saturated carbocycles. The van der Waals surface area contributed by atoms with Crippen molar-refractivity contribution in [3.8, 4) is 12.3 Å². The summed E-state index contributed by atoms with van der Waals surface area (Å²) in [6.45, 7) is 6.40. The molecule has 0 aromatic carbocycles. The first-order valence-electron chi connectivity index (χ1n) is 6.51. The minimum atomic E-state index is -0.390. The second-order valence-corrected chi connectivity index (χ2v) is 5.21. The molecular weight excluding hydrogens is 228 g/mol. The van der Waals surface area contributed by atoms with E-state index in [1.165, 1.54) is 0 Å². The van der Waals surface area contributed by atoms with Crippen LogP contribution in [0.1, 0.15) is 40.0 Å². The molecule has 1 saturated heterocycles. The molecule has 1 fully saturated rings. The number of carbonyl (C=O) groups excluding carboxylic acids is 2. The van der Waals surface area contributed by atoms with Crippen molar-refractivity contribution in [2.45, 2.75) is 52.1 Å². The van der Waals surface area contributed by atoms with Crippen LogP contribution in [0, 0.1) is 18.3 Å². The highest BCUT2D eigenvalue weighted by atomic mass is 16.2. The summed E-state index contributed by atoms with van der Waals surface area (Å²) in [7, 11) is 0. The van der Waals surface area contributed by atoms with E-state index in [2.05, 4.69) is 11.2 Å². The molecule has 100 valence electrons. The van der Waals surface area contributed by atoms with Crippen molar-refractivity contribution < 1.29 is 9.59 Å². The Hall–Kier alpha value is -1.50. The minimum Gasteiger partial charge on any atom is -0.343 e. The predicted molar refractivity (Wildman–Crippen MR) is 70.6 cm³/mol. The number of nitrogens with zero attached hydrogens (tertiary/aromatic N) is 1. The lowest BCUT2D eigenvalue weighted by atomic mass is 9.98. The second kappa shape index (κ2) is 6.44. The van der Waals surface area contributed by atoms with Gasteiger partial charge in [0.05, 0.1) is 0 Å². The van der Waals surface area contributed by atoms with Crippen molar-refractivity contribution in [2.24, 2.45) is 5.92 Å². The van der Waals surface area contributed by atoms with Crippen LogP contribution >= 0.6 is 0 Å². The maximum atomic E-state index is 12.3. The molecule has 4 heteroatoms. The van der Waals surface area contributed by atoms with Crippen LogP contribution in [0.2, 0.25) is 0 Å². The largest absolute Gasteiger partial charge is 0.343 e. The average Bonchev–Trinajstić information content (AvgIpc) is 2.30. The SMILES string of the molecule is C#CCCCN1C(=O)C(CC(C)C)NC(=O)C1C. The lowest BCUT2D eigenvalue weighted by Crippen LogP contribution is -2.62. The van der Waals surface area contributed by atoms with Gasteiger partial charge in [-0.1, -0.05) is 13.8 Å². The van der Waals surface area contributed by atoms with E-state index in [1.807, 2.05) is 13.8 Å². The Morgan fingerprint density at radius 1 is 1.44 bits per heavy atom. The van der Waals surface area contributed by atoms with Gasteiger partial charge in [-0.2, -0.15) is 0 Å². The van der Waals surface area contributed by atoms with Crippen LogP contribution in [0.3, 0.4) is 0 Å². The van der Waals surface area contributed by atoms with E-state index in [1.54, 1.807) is 11.8 Å². The Labute approximate surface area is 109 Å². The van der Waals surface area contributed by atoms with Gasteiger partial charge in [0, 0.05) is 13.0 Å². The average molecular weight is 250 g/mol. The van der Waals surface area contributed by atoms with Crippen molar-refractivity contribution in [3.63, 3.8) is 0 Å². The van der Waals surface area contributed by atoms with Gasteiger partial charge in [0.15, 0.2) is 0 Å². The van der Waals surface area contributed by atoms with Crippen LogP contribution in [0.15, 0.2) is 0 Å². The van der Waals surface area contributed by atoms with Crippen molar-refractivity contribution in [2.75, 3.05) is 6.54 Å². The highest BCUT2D eigenvalue weighted by Crippen LogP contribution is 2.16. The zero-order chi connectivity index (χ0) is 13.7. The number of unbranched alkanes of at least 4 members (excludes halogenated alkanes) is 1. The molecule has 2 unspecified atom stereocenters. The highest BCUT2D eigenvalue weighted by molar-refractivity contribution is 5.96. The van der Waals surface area contributed by atoms with Gasteiger partial charge in [-0.3, -0.25) is 9.59 Å². The molecule has 1 aliphatic heterocycles. The smallest absolute Gasteiger partial charge is 0.245 e. The second-order valence-electron chi connectivity index (χ2n) is 5.21. The van der Waals surface area contributed by atoms with Gasteiger partial charge in [-0.25, -0.2) is 0 Å². The zero-order valence-corrected chi connectivity index (χ0v) is 11.4. The highest BCUT2D eigenvalue weighted by Gasteiger charge is 2.37. The molecule has 18 heavy (non-hydrogen) atoms. The number of terminal acetylenes is 1. The van der Waals surface area contributed by atoms with Gasteiger partial charge in [-0.15, -0.1) is 12.3 Å². The lowest BCUT2D eigenvalue weighted by molar-refractivity contribution is -0.149. The number of rotatable bonds is 5. The molecule has 2 atom stereocenters. The number of piperazine rings is 1. The number of nitrogens with one attached hydrogen (secondary N) is 1. The van der Waals surface area contributed by atoms with Crippen molar-refractivity contribution in [1.82, 2.24) is 10.2 Å². The third kappa shape index (κ3) is 3.49. The summed E-state index contributed by atoms with van der Waals surface area (Å²) in [5, 5.41) is 2.80. The standard InChI is InChI=1S/C14H22N2O2/c1-5-6-7-8-16-11(4)13(17)15-12(14(16)18)9-10(2)3/h1,10-12H,6-9H2,2-4H3,(H,15,17). The van der Waals surface area contributed by atoms with E-state index in [9.17, 15) is 9.59 Å². The van der Waals surface area contributed by atoms with Gasteiger partial charge in [0.2, 0.25) is 11.8 Å². The molecule has 0 aliphatic carbocycles. The summed E-state index contributed by atoms with van der Waals surface area (Å²) in [5.74, 6) is 2.88. The zero-order valence-electron chi connectivity index (χ0n) is 11.4. The summed E-state index contributed by atoms with van der Waals surface area (Å²) in [6.07, 6.45) is 7.26. The fraction of sp³-hybridized carbons (Fsp3) is 0.714. The summed E-state index contributed by atoms with van der Waals surface area (Å²) in [4.78, 5) is 25.8. The predicted octanol–water partition coefficient (Wildman–Crippen LogP) is 1.16. The van der Waals surface area contributed by atoms with E-state index in [-0.39, 0.29) is 17.9 Å². The summed E-state index contributed by atoms with van der Waals surface area (Å²) < 4.78 is 0. The van der Waals surface area contributed by atoms with E-state index in [4.69, 9.17) is 6.42 Å². The van der Waals surface area contributed by atoms with Crippen molar-refractivity contribution in [1.29, 1.82) is 0 Å². The van der Waals surface area contributed by atoms with Gasteiger partial charge >= 0.3 is 0 Å². The number of carbonyl (C=O) groups is 2. The van der Waals surface area contributed by atoms with Crippen LogP contribution < -0.4 is 5.32 Å². The summed E-state index contributed by atoms with van der Waals surface area (Å²) in [6, 6.07) is -0.766. The molecule has 1 heterocycles. The Balaban J connectivity index is 2.70. The Morgan fingerprint density at radius 2 is 2.11 bits per heavy atom. The normalized spacial score (nSPS) is 24.1. The maximum Gasteiger partial charge on any atom is 0.245 e. The van der Waals surface area contributed by atoms with Gasteiger partial charge < -0.3 is 10.2 Å². The molecule has 0 radical (unpaired) electrons. The lowest BCUT2D eigenvalue weighted by Gasteiger charge is -2.37. The topological polar surface area (TPSA) is 49.4 Å². The first-order chi connectivity index (χ1) is 8.47. The first kappa shape index (κ1) is 14.6. The van der Waals surface area contributed by atoms with Gasteiger partial charge in [0.1, 0.15) is 12.1 Å². The van der Waals surface area contributed by atoms with E-state index >= 15 is 0 Å². The van der Waals surface area contributed by atoms with Crippen LogP contribution in [0.4, 0.5) is 0 Å².